The molecule has 8 fully saturated rings. The molecular weight excluding hydrogens is 276 g/mol. The molecule has 8 aliphatic carbocycles. The van der Waals surface area contributed by atoms with Crippen LogP contribution in [-0.2, 0) is 0 Å². The second-order valence-corrected chi connectivity index (χ2v) is 10.4. The molecule has 13 atom stereocenters. The Kier molecular flexibility index (Phi) is 2.05. The van der Waals surface area contributed by atoms with Gasteiger partial charge >= 0.3 is 0 Å². The zero-order valence-corrected chi connectivity index (χ0v) is 16.3. The van der Waals surface area contributed by atoms with Gasteiger partial charge in [-0.1, -0.05) is 48.5 Å². The molecule has 0 aromatic heterocycles. The highest BCUT2D eigenvalue weighted by molar-refractivity contribution is 5.60. The van der Waals surface area contributed by atoms with Crippen LogP contribution in [0.25, 0.3) is 0 Å². The van der Waals surface area contributed by atoms with Gasteiger partial charge < -0.3 is 0 Å². The summed E-state index contributed by atoms with van der Waals surface area (Å²) in [4.78, 5) is 0. The minimum absolute atomic E-state index is 0.810. The highest BCUT2D eigenvalue weighted by Gasteiger charge is 3.14. The molecule has 0 bridgehead atoms. The lowest BCUT2D eigenvalue weighted by Crippen LogP contribution is -3.14. The topological polar surface area (TPSA) is 0 Å². The van der Waals surface area contributed by atoms with Gasteiger partial charge in [-0.3, -0.25) is 0 Å². The molecule has 0 aromatic rings. The van der Waals surface area contributed by atoms with Gasteiger partial charge in [-0.15, -0.1) is 0 Å². The molecule has 0 aromatic carbocycles. The Hall–Kier alpha value is 0. The van der Waals surface area contributed by atoms with Crippen LogP contribution in [0.3, 0.4) is 0 Å². The maximum absolute atomic E-state index is 2.74. The van der Waals surface area contributed by atoms with Gasteiger partial charge in [0.05, 0.1) is 0 Å². The Morgan fingerprint density at radius 2 is 1.26 bits per heavy atom. The lowest BCUT2D eigenvalue weighted by molar-refractivity contribution is -0.712. The fraction of sp³-hybridized carbons (Fsp3) is 1.00. The van der Waals surface area contributed by atoms with Crippen LogP contribution < -0.4 is 0 Å². The average molecular weight is 313 g/mol. The van der Waals surface area contributed by atoms with Crippen molar-refractivity contribution in [2.75, 3.05) is 0 Å². The third-order valence-corrected chi connectivity index (χ3v) is 12.2. The van der Waals surface area contributed by atoms with Crippen molar-refractivity contribution in [2.24, 2.45) is 74.9 Å². The summed E-state index contributed by atoms with van der Waals surface area (Å²) in [5.74, 6) is 10.8. The predicted molar refractivity (Wildman–Crippen MR) is 94.7 cm³/mol. The number of fused-ring (bicyclic) bond motifs is 5. The van der Waals surface area contributed by atoms with Crippen LogP contribution >= 0.6 is 0 Å². The maximum atomic E-state index is 2.74. The van der Waals surface area contributed by atoms with Crippen molar-refractivity contribution in [3.8, 4) is 0 Å². The quantitative estimate of drug-likeness (QED) is 0.525. The second kappa shape index (κ2) is 3.33. The molecule has 8 rings (SSSR count). The van der Waals surface area contributed by atoms with Crippen molar-refractivity contribution >= 4 is 0 Å². The summed E-state index contributed by atoms with van der Waals surface area (Å²) in [7, 11) is 0. The lowest BCUT2D eigenvalue weighted by atomic mass is 8.86. The molecule has 0 N–H and O–H groups in total. The number of hydrogen-bond donors (Lipinski definition) is 0. The molecule has 8 aliphatic rings. The van der Waals surface area contributed by atoms with Crippen molar-refractivity contribution in [3.05, 3.63) is 0 Å². The first-order chi connectivity index (χ1) is 11.1. The SMILES string of the molecule is CC.CC.CC1CC2C3C4C5CC6CC7C8C(C)C3(C12C)C84C675. The van der Waals surface area contributed by atoms with E-state index in [9.17, 15) is 0 Å². The average Bonchev–Trinajstić information content (AvgIpc) is 2.54. The van der Waals surface area contributed by atoms with E-state index in [2.05, 4.69) is 20.8 Å². The smallest absolute Gasteiger partial charge is 0.00975 e. The van der Waals surface area contributed by atoms with Crippen LogP contribution in [0, 0.1) is 74.9 Å². The van der Waals surface area contributed by atoms with E-state index >= 15 is 0 Å². The summed E-state index contributed by atoms with van der Waals surface area (Å²) in [5, 5.41) is 0. The van der Waals surface area contributed by atoms with Gasteiger partial charge in [0.25, 0.3) is 0 Å². The minimum Gasteiger partial charge on any atom is -0.0683 e. The molecule has 0 saturated heterocycles. The maximum Gasteiger partial charge on any atom is -0.00975 e. The van der Waals surface area contributed by atoms with Crippen molar-refractivity contribution < 1.29 is 0 Å². The van der Waals surface area contributed by atoms with Crippen LogP contribution in [0.1, 0.15) is 67.7 Å². The highest BCUT2D eigenvalue weighted by Crippen LogP contribution is 3.17. The molecular formula is C23H36. The van der Waals surface area contributed by atoms with E-state index in [-0.39, 0.29) is 0 Å². The van der Waals surface area contributed by atoms with Crippen molar-refractivity contribution in [1.82, 2.24) is 0 Å². The van der Waals surface area contributed by atoms with Gasteiger partial charge in [0.1, 0.15) is 0 Å². The Balaban J connectivity index is 0.000000264. The second-order valence-electron chi connectivity index (χ2n) is 10.4. The van der Waals surface area contributed by atoms with Gasteiger partial charge in [0, 0.05) is 0 Å². The van der Waals surface area contributed by atoms with Gasteiger partial charge in [0.2, 0.25) is 0 Å². The molecule has 128 valence electrons. The molecule has 0 nitrogen and oxygen atoms in total. The standard InChI is InChI=1S/C19H24.2C2H6/c1-7-4-10-14-15-12-6-9-5-11-13-8(2)18(14,16(7,10)3)19(13,15)17(9,11)12;2*1-2/h7-15H,4-6H2,1-3H3;2*1-2H3. The van der Waals surface area contributed by atoms with Crippen LogP contribution in [0.2, 0.25) is 0 Å². The Morgan fingerprint density at radius 3 is 1.83 bits per heavy atom. The molecule has 3 spiro atoms. The monoisotopic (exact) mass is 312 g/mol. The largest absolute Gasteiger partial charge is 0.0683 e. The molecule has 23 heavy (non-hydrogen) atoms. The van der Waals surface area contributed by atoms with E-state index in [1.165, 1.54) is 41.4 Å². The summed E-state index contributed by atoms with van der Waals surface area (Å²) in [5.41, 5.74) is 3.71. The molecule has 8 saturated carbocycles. The van der Waals surface area contributed by atoms with Gasteiger partial charge in [-0.25, -0.2) is 0 Å². The van der Waals surface area contributed by atoms with E-state index < -0.39 is 0 Å². The molecule has 13 unspecified atom stereocenters. The van der Waals surface area contributed by atoms with E-state index in [1.54, 1.807) is 19.3 Å². The van der Waals surface area contributed by atoms with E-state index in [0.29, 0.717) is 0 Å². The minimum atomic E-state index is 0.810. The molecule has 0 amide bonds. The molecule has 0 aliphatic heterocycles. The summed E-state index contributed by atoms with van der Waals surface area (Å²) < 4.78 is 0. The summed E-state index contributed by atoms with van der Waals surface area (Å²) in [6.45, 7) is 16.0. The van der Waals surface area contributed by atoms with Crippen LogP contribution in [0.4, 0.5) is 0 Å². The number of hydrogen-bond acceptors (Lipinski definition) is 0. The third kappa shape index (κ3) is 0.689. The fourth-order valence-electron chi connectivity index (χ4n) is 12.7. The lowest BCUT2D eigenvalue weighted by Gasteiger charge is -3.17. The van der Waals surface area contributed by atoms with E-state index in [0.717, 1.165) is 33.5 Å². The summed E-state index contributed by atoms with van der Waals surface area (Å²) >= 11 is 0. The van der Waals surface area contributed by atoms with Crippen LogP contribution in [0.5, 0.6) is 0 Å². The zero-order chi connectivity index (χ0) is 16.3. The van der Waals surface area contributed by atoms with Crippen LogP contribution in [-0.4, -0.2) is 0 Å². The summed E-state index contributed by atoms with van der Waals surface area (Å²) in [6.07, 6.45) is 4.94. The first kappa shape index (κ1) is 14.2. The van der Waals surface area contributed by atoms with Crippen molar-refractivity contribution in [3.63, 3.8) is 0 Å². The first-order valence-corrected chi connectivity index (χ1v) is 11.1. The molecule has 0 heterocycles. The van der Waals surface area contributed by atoms with Gasteiger partial charge in [-0.05, 0) is 94.2 Å². The van der Waals surface area contributed by atoms with Crippen molar-refractivity contribution in [1.29, 1.82) is 0 Å². The summed E-state index contributed by atoms with van der Waals surface area (Å²) in [6, 6.07) is 0. The van der Waals surface area contributed by atoms with Crippen LogP contribution in [0.15, 0.2) is 0 Å². The van der Waals surface area contributed by atoms with E-state index in [4.69, 9.17) is 0 Å². The molecule has 0 heteroatoms. The Bertz CT molecular complexity index is 622. The van der Waals surface area contributed by atoms with Crippen molar-refractivity contribution in [2.45, 2.75) is 67.7 Å². The Morgan fingerprint density at radius 1 is 0.696 bits per heavy atom. The first-order valence-electron chi connectivity index (χ1n) is 11.1. The molecule has 0 radical (unpaired) electrons. The highest BCUT2D eigenvalue weighted by atomic mass is 15.2. The van der Waals surface area contributed by atoms with Gasteiger partial charge in [-0.2, -0.15) is 0 Å². The number of rotatable bonds is 0. The predicted octanol–water partition coefficient (Wildman–Crippen LogP) is 5.87. The fourth-order valence-corrected chi connectivity index (χ4v) is 12.7. The van der Waals surface area contributed by atoms with E-state index in [1.807, 2.05) is 27.7 Å². The zero-order valence-electron chi connectivity index (χ0n) is 16.3. The van der Waals surface area contributed by atoms with Gasteiger partial charge in [0.15, 0.2) is 0 Å². The normalized spacial score (nSPS) is 79.7. The third-order valence-electron chi connectivity index (χ3n) is 12.2. The Labute approximate surface area is 143 Å².